The summed E-state index contributed by atoms with van der Waals surface area (Å²) in [5.74, 6) is 0.704. The fourth-order valence-electron chi connectivity index (χ4n) is 2.22. The van der Waals surface area contributed by atoms with Crippen molar-refractivity contribution in [1.82, 2.24) is 0 Å². The van der Waals surface area contributed by atoms with Crippen LogP contribution >= 0.6 is 15.9 Å². The van der Waals surface area contributed by atoms with Gasteiger partial charge in [0.1, 0.15) is 5.75 Å². The largest absolute Gasteiger partial charge is 0.496 e. The van der Waals surface area contributed by atoms with Gasteiger partial charge in [0.25, 0.3) is 0 Å². The Bertz CT molecular complexity index is 608. The Hall–Kier alpha value is -1.32. The molecule has 106 valence electrons. The van der Waals surface area contributed by atoms with E-state index in [9.17, 15) is 5.11 Å². The van der Waals surface area contributed by atoms with E-state index in [4.69, 9.17) is 4.74 Å². The zero-order chi connectivity index (χ0) is 14.7. The Balaban J connectivity index is 2.23. The van der Waals surface area contributed by atoms with Crippen molar-refractivity contribution >= 4 is 15.9 Å². The Kier molecular flexibility index (Phi) is 4.84. The summed E-state index contributed by atoms with van der Waals surface area (Å²) in [5.41, 5.74) is 4.46. The lowest BCUT2D eigenvalue weighted by Crippen LogP contribution is -2.04. The molecule has 3 heteroatoms. The first kappa shape index (κ1) is 15.1. The van der Waals surface area contributed by atoms with E-state index in [0.717, 1.165) is 15.6 Å². The predicted octanol–water partition coefficient (Wildman–Crippen LogP) is 4.35. The van der Waals surface area contributed by atoms with Gasteiger partial charge in [-0.25, -0.2) is 0 Å². The fraction of sp³-hybridized carbons (Fsp3) is 0.294. The second-order valence-corrected chi connectivity index (χ2v) is 5.94. The van der Waals surface area contributed by atoms with Gasteiger partial charge in [-0.3, -0.25) is 0 Å². The molecule has 0 aliphatic rings. The van der Waals surface area contributed by atoms with E-state index >= 15 is 0 Å². The van der Waals surface area contributed by atoms with Crippen LogP contribution in [-0.4, -0.2) is 12.2 Å². The fourth-order valence-corrected chi connectivity index (χ4v) is 2.56. The van der Waals surface area contributed by atoms with Crippen molar-refractivity contribution in [1.29, 1.82) is 0 Å². The maximum absolute atomic E-state index is 10.4. The van der Waals surface area contributed by atoms with E-state index in [1.807, 2.05) is 18.2 Å². The molecule has 2 nitrogen and oxygen atoms in total. The number of rotatable bonds is 4. The maximum Gasteiger partial charge on any atom is 0.125 e. The van der Waals surface area contributed by atoms with Gasteiger partial charge in [-0.1, -0.05) is 40.2 Å². The number of hydrogen-bond acceptors (Lipinski definition) is 2. The first-order valence-electron chi connectivity index (χ1n) is 6.59. The second kappa shape index (κ2) is 6.42. The van der Waals surface area contributed by atoms with Crippen LogP contribution in [0.15, 0.2) is 40.9 Å². The molecule has 1 unspecified atom stereocenters. The van der Waals surface area contributed by atoms with Gasteiger partial charge in [-0.05, 0) is 42.7 Å². The SMILES string of the molecule is COc1cc(Br)ccc1C(O)Cc1ccc(C)c(C)c1. The zero-order valence-corrected chi connectivity index (χ0v) is 13.6. The third kappa shape index (κ3) is 3.41. The van der Waals surface area contributed by atoms with Crippen LogP contribution in [0.4, 0.5) is 0 Å². The normalized spacial score (nSPS) is 12.2. The summed E-state index contributed by atoms with van der Waals surface area (Å²) < 4.78 is 6.28. The van der Waals surface area contributed by atoms with Crippen LogP contribution in [0, 0.1) is 13.8 Å². The predicted molar refractivity (Wildman–Crippen MR) is 85.3 cm³/mol. The molecule has 0 radical (unpaired) electrons. The number of aliphatic hydroxyl groups excluding tert-OH is 1. The molecule has 0 bridgehead atoms. The van der Waals surface area contributed by atoms with Crippen molar-refractivity contribution in [3.63, 3.8) is 0 Å². The number of benzene rings is 2. The highest BCUT2D eigenvalue weighted by Crippen LogP contribution is 2.30. The van der Waals surface area contributed by atoms with Gasteiger partial charge in [-0.15, -0.1) is 0 Å². The molecule has 2 aromatic rings. The lowest BCUT2D eigenvalue weighted by atomic mass is 9.98. The van der Waals surface area contributed by atoms with Crippen molar-refractivity contribution in [2.45, 2.75) is 26.4 Å². The highest BCUT2D eigenvalue weighted by atomic mass is 79.9. The quantitative estimate of drug-likeness (QED) is 0.900. The van der Waals surface area contributed by atoms with E-state index in [0.29, 0.717) is 12.2 Å². The number of aryl methyl sites for hydroxylation is 2. The Morgan fingerprint density at radius 2 is 1.85 bits per heavy atom. The molecule has 2 aromatic carbocycles. The number of aliphatic hydroxyl groups is 1. The lowest BCUT2D eigenvalue weighted by molar-refractivity contribution is 0.174. The van der Waals surface area contributed by atoms with Crippen molar-refractivity contribution in [3.8, 4) is 5.75 Å². The monoisotopic (exact) mass is 334 g/mol. The highest BCUT2D eigenvalue weighted by Gasteiger charge is 2.14. The van der Waals surface area contributed by atoms with Gasteiger partial charge in [0, 0.05) is 16.5 Å². The maximum atomic E-state index is 10.4. The minimum Gasteiger partial charge on any atom is -0.496 e. The number of ether oxygens (including phenoxy) is 1. The molecule has 0 aliphatic carbocycles. The van der Waals surface area contributed by atoms with Crippen molar-refractivity contribution in [2.24, 2.45) is 0 Å². The molecule has 0 aliphatic heterocycles. The van der Waals surface area contributed by atoms with E-state index < -0.39 is 6.10 Å². The van der Waals surface area contributed by atoms with Gasteiger partial charge in [0.05, 0.1) is 13.2 Å². The number of hydrogen-bond donors (Lipinski definition) is 1. The Labute approximate surface area is 128 Å². The summed E-state index contributed by atoms with van der Waals surface area (Å²) in [6.45, 7) is 4.18. The lowest BCUT2D eigenvalue weighted by Gasteiger charge is -2.16. The summed E-state index contributed by atoms with van der Waals surface area (Å²) in [7, 11) is 1.62. The topological polar surface area (TPSA) is 29.5 Å². The summed E-state index contributed by atoms with van der Waals surface area (Å²) in [6, 6.07) is 12.0. The standard InChI is InChI=1S/C17H19BrO2/c1-11-4-5-13(8-12(11)2)9-16(19)15-7-6-14(18)10-17(15)20-3/h4-8,10,16,19H,9H2,1-3H3. The first-order chi connectivity index (χ1) is 9.51. The molecule has 0 aromatic heterocycles. The van der Waals surface area contributed by atoms with Crippen LogP contribution in [0.5, 0.6) is 5.75 Å². The summed E-state index contributed by atoms with van der Waals surface area (Å²) in [6.07, 6.45) is 0.0132. The molecule has 0 amide bonds. The summed E-state index contributed by atoms with van der Waals surface area (Å²) >= 11 is 3.41. The number of halogens is 1. The molecule has 1 N–H and O–H groups in total. The van der Waals surface area contributed by atoms with Crippen molar-refractivity contribution in [3.05, 3.63) is 63.1 Å². The Morgan fingerprint density at radius 1 is 1.10 bits per heavy atom. The van der Waals surface area contributed by atoms with Gasteiger partial charge in [0.2, 0.25) is 0 Å². The van der Waals surface area contributed by atoms with Crippen LogP contribution < -0.4 is 4.74 Å². The van der Waals surface area contributed by atoms with Gasteiger partial charge in [0.15, 0.2) is 0 Å². The van der Waals surface area contributed by atoms with Crippen LogP contribution in [-0.2, 0) is 6.42 Å². The molecular weight excluding hydrogens is 316 g/mol. The van der Waals surface area contributed by atoms with Crippen LogP contribution in [0.1, 0.15) is 28.4 Å². The van der Waals surface area contributed by atoms with E-state index in [2.05, 4.69) is 48.0 Å². The first-order valence-corrected chi connectivity index (χ1v) is 7.38. The third-order valence-corrected chi connectivity index (χ3v) is 4.05. The molecule has 1 atom stereocenters. The van der Waals surface area contributed by atoms with Gasteiger partial charge < -0.3 is 9.84 Å². The molecule has 20 heavy (non-hydrogen) atoms. The van der Waals surface area contributed by atoms with E-state index in [-0.39, 0.29) is 0 Å². The average molecular weight is 335 g/mol. The minimum atomic E-state index is -0.569. The minimum absolute atomic E-state index is 0.569. The average Bonchev–Trinajstić information content (AvgIpc) is 2.42. The molecule has 0 saturated heterocycles. The van der Waals surface area contributed by atoms with E-state index in [1.165, 1.54) is 11.1 Å². The smallest absolute Gasteiger partial charge is 0.125 e. The van der Waals surface area contributed by atoms with Crippen molar-refractivity contribution < 1.29 is 9.84 Å². The molecule has 0 spiro atoms. The van der Waals surface area contributed by atoms with Gasteiger partial charge in [-0.2, -0.15) is 0 Å². The molecular formula is C17H19BrO2. The summed E-state index contributed by atoms with van der Waals surface area (Å²) in [4.78, 5) is 0. The molecule has 0 heterocycles. The van der Waals surface area contributed by atoms with Crippen molar-refractivity contribution in [2.75, 3.05) is 7.11 Å². The molecule has 0 fully saturated rings. The van der Waals surface area contributed by atoms with Crippen LogP contribution in [0.2, 0.25) is 0 Å². The molecule has 0 saturated carbocycles. The third-order valence-electron chi connectivity index (χ3n) is 3.55. The zero-order valence-electron chi connectivity index (χ0n) is 12.0. The van der Waals surface area contributed by atoms with E-state index in [1.54, 1.807) is 7.11 Å². The van der Waals surface area contributed by atoms with Gasteiger partial charge >= 0.3 is 0 Å². The number of methoxy groups -OCH3 is 1. The second-order valence-electron chi connectivity index (χ2n) is 5.02. The Morgan fingerprint density at radius 3 is 2.50 bits per heavy atom. The van der Waals surface area contributed by atoms with Crippen LogP contribution in [0.25, 0.3) is 0 Å². The molecule has 2 rings (SSSR count). The van der Waals surface area contributed by atoms with Crippen LogP contribution in [0.3, 0.4) is 0 Å². The summed E-state index contributed by atoms with van der Waals surface area (Å²) in [5, 5.41) is 10.4. The highest BCUT2D eigenvalue weighted by molar-refractivity contribution is 9.10.